The molecule has 0 aliphatic heterocycles. The van der Waals surface area contributed by atoms with Gasteiger partial charge in [-0.2, -0.15) is 5.10 Å². The maximum absolute atomic E-state index is 5.68. The maximum Gasteiger partial charge on any atom is 0.273 e. The summed E-state index contributed by atoms with van der Waals surface area (Å²) in [7, 11) is 1.60. The molecule has 2 aromatic rings. The molecule has 0 atom stereocenters. The zero-order valence-corrected chi connectivity index (χ0v) is 8.49. The van der Waals surface area contributed by atoms with E-state index in [0.29, 0.717) is 17.6 Å². The van der Waals surface area contributed by atoms with Crippen molar-refractivity contribution in [3.63, 3.8) is 0 Å². The highest BCUT2D eigenvalue weighted by Gasteiger charge is 2.04. The van der Waals surface area contributed by atoms with Gasteiger partial charge in [0.2, 0.25) is 0 Å². The molecule has 0 aliphatic rings. The van der Waals surface area contributed by atoms with Crippen molar-refractivity contribution in [3.8, 4) is 5.19 Å². The molecule has 2 heterocycles. The molecule has 0 bridgehead atoms. The van der Waals surface area contributed by atoms with Crippen LogP contribution in [-0.4, -0.2) is 21.9 Å². The molecule has 0 unspecified atom stereocenters. The second-order valence-corrected chi connectivity index (χ2v) is 3.79. The second kappa shape index (κ2) is 3.67. The van der Waals surface area contributed by atoms with Crippen LogP contribution in [-0.2, 0) is 6.54 Å². The summed E-state index contributed by atoms with van der Waals surface area (Å²) in [5.41, 5.74) is 5.68. The summed E-state index contributed by atoms with van der Waals surface area (Å²) in [5.74, 6) is 0.650. The Kier molecular flexibility index (Phi) is 2.36. The van der Waals surface area contributed by atoms with Gasteiger partial charge in [-0.25, -0.2) is 9.67 Å². The molecule has 0 radical (unpaired) electrons. The fraction of sp³-hybridized carbons (Fsp3) is 0.250. The van der Waals surface area contributed by atoms with E-state index in [1.807, 2.05) is 0 Å². The van der Waals surface area contributed by atoms with Crippen LogP contribution in [0.4, 0.5) is 5.82 Å². The predicted octanol–water partition coefficient (Wildman–Crippen LogP) is 0.979. The Morgan fingerprint density at radius 1 is 1.64 bits per heavy atom. The van der Waals surface area contributed by atoms with Crippen LogP contribution in [0.25, 0.3) is 0 Å². The first-order chi connectivity index (χ1) is 6.79. The van der Waals surface area contributed by atoms with Crippen molar-refractivity contribution in [1.29, 1.82) is 0 Å². The summed E-state index contributed by atoms with van der Waals surface area (Å²) >= 11 is 1.49. The number of thiazole rings is 1. The number of ether oxygens (including phenoxy) is 1. The molecule has 0 amide bonds. The number of nitrogens with zero attached hydrogens (tertiary/aromatic N) is 3. The average molecular weight is 210 g/mol. The van der Waals surface area contributed by atoms with E-state index in [2.05, 4.69) is 10.1 Å². The Labute approximate surface area is 85.1 Å². The molecule has 2 N–H and O–H groups in total. The molecule has 2 aromatic heterocycles. The molecule has 0 spiro atoms. The molecule has 0 fully saturated rings. The van der Waals surface area contributed by atoms with Crippen LogP contribution in [0.2, 0.25) is 0 Å². The van der Waals surface area contributed by atoms with Gasteiger partial charge in [-0.1, -0.05) is 11.3 Å². The third-order valence-electron chi connectivity index (χ3n) is 1.76. The Morgan fingerprint density at radius 2 is 2.50 bits per heavy atom. The standard InChI is InChI=1S/C8H10N4OS/c1-13-8-10-4-6(14-8)5-12-7(9)2-3-11-12/h2-4H,5,9H2,1H3. The van der Waals surface area contributed by atoms with Gasteiger partial charge in [0.15, 0.2) is 0 Å². The van der Waals surface area contributed by atoms with Crippen LogP contribution >= 0.6 is 11.3 Å². The van der Waals surface area contributed by atoms with Crippen LogP contribution in [0, 0.1) is 0 Å². The van der Waals surface area contributed by atoms with E-state index in [-0.39, 0.29) is 0 Å². The number of rotatable bonds is 3. The van der Waals surface area contributed by atoms with Crippen LogP contribution in [0.5, 0.6) is 5.19 Å². The van der Waals surface area contributed by atoms with Crippen molar-refractivity contribution in [3.05, 3.63) is 23.3 Å². The molecule has 14 heavy (non-hydrogen) atoms. The minimum atomic E-state index is 0.639. The topological polar surface area (TPSA) is 66.0 Å². The fourth-order valence-electron chi connectivity index (χ4n) is 1.08. The van der Waals surface area contributed by atoms with Crippen molar-refractivity contribution in [2.75, 3.05) is 12.8 Å². The first-order valence-corrected chi connectivity index (χ1v) is 4.87. The van der Waals surface area contributed by atoms with Gasteiger partial charge in [-0.15, -0.1) is 0 Å². The van der Waals surface area contributed by atoms with E-state index in [1.54, 1.807) is 30.3 Å². The molecule has 74 valence electrons. The van der Waals surface area contributed by atoms with E-state index in [4.69, 9.17) is 10.5 Å². The lowest BCUT2D eigenvalue weighted by atomic mass is 10.5. The lowest BCUT2D eigenvalue weighted by molar-refractivity contribution is 0.412. The Bertz CT molecular complexity index is 422. The van der Waals surface area contributed by atoms with E-state index in [9.17, 15) is 0 Å². The van der Waals surface area contributed by atoms with Crippen molar-refractivity contribution >= 4 is 17.2 Å². The molecule has 5 nitrogen and oxygen atoms in total. The number of methoxy groups -OCH3 is 1. The van der Waals surface area contributed by atoms with Crippen molar-refractivity contribution < 1.29 is 4.74 Å². The van der Waals surface area contributed by atoms with Gasteiger partial charge in [0.25, 0.3) is 5.19 Å². The molecule has 0 aliphatic carbocycles. The average Bonchev–Trinajstić information content (AvgIpc) is 2.77. The normalized spacial score (nSPS) is 10.4. The van der Waals surface area contributed by atoms with Gasteiger partial charge >= 0.3 is 0 Å². The fourth-order valence-corrected chi connectivity index (χ4v) is 1.78. The van der Waals surface area contributed by atoms with Crippen molar-refractivity contribution in [2.24, 2.45) is 0 Å². The van der Waals surface area contributed by atoms with Crippen LogP contribution in [0.1, 0.15) is 4.88 Å². The zero-order valence-electron chi connectivity index (χ0n) is 7.67. The maximum atomic E-state index is 5.68. The second-order valence-electron chi connectivity index (χ2n) is 2.71. The minimum absolute atomic E-state index is 0.639. The number of hydrogen-bond donors (Lipinski definition) is 1. The summed E-state index contributed by atoms with van der Waals surface area (Å²) in [4.78, 5) is 5.13. The van der Waals surface area contributed by atoms with Crippen LogP contribution in [0.15, 0.2) is 18.5 Å². The van der Waals surface area contributed by atoms with E-state index < -0.39 is 0 Å². The van der Waals surface area contributed by atoms with E-state index >= 15 is 0 Å². The number of nitrogen functional groups attached to an aromatic ring is 1. The first kappa shape index (κ1) is 9.01. The third kappa shape index (κ3) is 1.69. The molecular formula is C8H10N4OS. The SMILES string of the molecule is COc1ncc(Cn2nccc2N)s1. The van der Waals surface area contributed by atoms with Gasteiger partial charge in [0.05, 0.1) is 19.9 Å². The van der Waals surface area contributed by atoms with Gasteiger partial charge in [0.1, 0.15) is 5.82 Å². The Balaban J connectivity index is 2.15. The smallest absolute Gasteiger partial charge is 0.273 e. The van der Waals surface area contributed by atoms with Crippen molar-refractivity contribution in [2.45, 2.75) is 6.54 Å². The summed E-state index contributed by atoms with van der Waals surface area (Å²) in [5, 5.41) is 4.73. The lowest BCUT2D eigenvalue weighted by Crippen LogP contribution is -2.04. The van der Waals surface area contributed by atoms with Crippen LogP contribution in [0.3, 0.4) is 0 Å². The number of hydrogen-bond acceptors (Lipinski definition) is 5. The Morgan fingerprint density at radius 3 is 3.07 bits per heavy atom. The van der Waals surface area contributed by atoms with Crippen molar-refractivity contribution in [1.82, 2.24) is 14.8 Å². The van der Waals surface area contributed by atoms with Gasteiger partial charge in [0, 0.05) is 11.1 Å². The Hall–Kier alpha value is -1.56. The summed E-state index contributed by atoms with van der Waals surface area (Å²) < 4.78 is 6.71. The number of aromatic nitrogens is 3. The summed E-state index contributed by atoms with van der Waals surface area (Å²) in [6, 6.07) is 1.76. The molecular weight excluding hydrogens is 200 g/mol. The lowest BCUT2D eigenvalue weighted by Gasteiger charge is -1.99. The monoisotopic (exact) mass is 210 g/mol. The van der Waals surface area contributed by atoms with E-state index in [0.717, 1.165) is 4.88 Å². The van der Waals surface area contributed by atoms with Crippen LogP contribution < -0.4 is 10.5 Å². The highest BCUT2D eigenvalue weighted by molar-refractivity contribution is 7.13. The van der Waals surface area contributed by atoms with Gasteiger partial charge < -0.3 is 10.5 Å². The quantitative estimate of drug-likeness (QED) is 0.820. The number of nitrogens with two attached hydrogens (primary N) is 1. The van der Waals surface area contributed by atoms with Gasteiger partial charge in [-0.3, -0.25) is 0 Å². The van der Waals surface area contributed by atoms with Gasteiger partial charge in [-0.05, 0) is 6.07 Å². The molecule has 6 heteroatoms. The predicted molar refractivity (Wildman–Crippen MR) is 54.4 cm³/mol. The molecule has 0 aromatic carbocycles. The highest BCUT2D eigenvalue weighted by Crippen LogP contribution is 2.21. The summed E-state index contributed by atoms with van der Waals surface area (Å²) in [6.07, 6.45) is 3.44. The molecule has 0 saturated carbocycles. The first-order valence-electron chi connectivity index (χ1n) is 4.05. The number of anilines is 1. The zero-order chi connectivity index (χ0) is 9.97. The summed E-state index contributed by atoms with van der Waals surface area (Å²) in [6.45, 7) is 0.639. The van der Waals surface area contributed by atoms with E-state index in [1.165, 1.54) is 11.3 Å². The highest BCUT2D eigenvalue weighted by atomic mass is 32.1. The molecule has 0 saturated heterocycles. The minimum Gasteiger partial charge on any atom is -0.473 e. The third-order valence-corrected chi connectivity index (χ3v) is 2.71. The molecule has 2 rings (SSSR count). The largest absolute Gasteiger partial charge is 0.473 e.